The molecule has 1 amide bonds. The van der Waals surface area contributed by atoms with Crippen molar-refractivity contribution in [2.75, 3.05) is 19.7 Å². The Morgan fingerprint density at radius 2 is 2.40 bits per heavy atom. The highest BCUT2D eigenvalue weighted by molar-refractivity contribution is 7.16. The fourth-order valence-electron chi connectivity index (χ4n) is 3.07. The molecule has 2 aliphatic rings. The molecule has 3 rings (SSSR count). The third-order valence-corrected chi connectivity index (χ3v) is 5.26. The largest absolute Gasteiger partial charge is 0.375 e. The first kappa shape index (κ1) is 14.3. The number of carbonyl (C=O) groups excluding carboxylic acids is 1. The van der Waals surface area contributed by atoms with Crippen molar-refractivity contribution in [2.24, 2.45) is 0 Å². The first-order chi connectivity index (χ1) is 9.72. The van der Waals surface area contributed by atoms with Crippen LogP contribution in [0.4, 0.5) is 0 Å². The molecule has 0 bridgehead atoms. The normalized spacial score (nSPS) is 26.4. The highest BCUT2D eigenvalue weighted by Gasteiger charge is 2.36. The summed E-state index contributed by atoms with van der Waals surface area (Å²) in [5.41, 5.74) is 0. The number of amides is 1. The minimum absolute atomic E-state index is 0.0853. The molecule has 0 unspecified atom stereocenters. The molecule has 1 saturated heterocycles. The molecule has 0 spiro atoms. The van der Waals surface area contributed by atoms with Crippen LogP contribution >= 0.6 is 22.9 Å². The van der Waals surface area contributed by atoms with Gasteiger partial charge >= 0.3 is 0 Å². The number of halogens is 1. The van der Waals surface area contributed by atoms with E-state index in [-0.39, 0.29) is 5.91 Å². The Morgan fingerprint density at radius 3 is 3.20 bits per heavy atom. The number of fused-ring (bicyclic) bond motifs is 1. The molecule has 1 aliphatic carbocycles. The molecule has 0 aromatic carbocycles. The van der Waals surface area contributed by atoms with Crippen LogP contribution in [0.1, 0.15) is 24.1 Å². The van der Waals surface area contributed by atoms with Crippen LogP contribution in [0.25, 0.3) is 0 Å². The molecular weight excluding hydrogens is 296 g/mol. The van der Waals surface area contributed by atoms with Crippen LogP contribution in [0.3, 0.4) is 0 Å². The number of rotatable bonds is 4. The number of hydrogen-bond donors (Lipinski definition) is 1. The molecule has 1 aliphatic heterocycles. The summed E-state index contributed by atoms with van der Waals surface area (Å²) in [5, 5.41) is 2.97. The van der Waals surface area contributed by atoms with Crippen LogP contribution in [0.15, 0.2) is 12.1 Å². The first-order valence-electron chi connectivity index (χ1n) is 7.09. The van der Waals surface area contributed by atoms with E-state index in [1.54, 1.807) is 0 Å². The van der Waals surface area contributed by atoms with E-state index in [0.29, 0.717) is 25.2 Å². The van der Waals surface area contributed by atoms with Crippen LogP contribution in [0.5, 0.6) is 0 Å². The highest BCUT2D eigenvalue weighted by atomic mass is 35.5. The van der Waals surface area contributed by atoms with E-state index in [2.05, 4.69) is 10.2 Å². The minimum atomic E-state index is 0.0853. The quantitative estimate of drug-likeness (QED) is 0.927. The molecular formula is C14H19ClN2O2S. The Balaban J connectivity index is 1.48. The lowest BCUT2D eigenvalue weighted by atomic mass is 10.1. The summed E-state index contributed by atoms with van der Waals surface area (Å²) in [6.45, 7) is 2.65. The van der Waals surface area contributed by atoms with Gasteiger partial charge in [0.1, 0.15) is 0 Å². The van der Waals surface area contributed by atoms with Gasteiger partial charge in [0.25, 0.3) is 0 Å². The maximum Gasteiger partial charge on any atom is 0.234 e. The van der Waals surface area contributed by atoms with Gasteiger partial charge in [0.2, 0.25) is 5.91 Å². The second-order valence-electron chi connectivity index (χ2n) is 5.36. The standard InChI is InChI=1S/C14H19ClN2O2S/c15-13-5-4-10(20-13)8-16-14(18)9-17-6-7-19-12-3-1-2-11(12)17/h4-5,11-12H,1-3,6-9H2,(H,16,18)/t11-,12+/m0/s1. The van der Waals surface area contributed by atoms with E-state index in [1.807, 2.05) is 12.1 Å². The number of ether oxygens (including phenoxy) is 1. The molecule has 20 heavy (non-hydrogen) atoms. The van der Waals surface area contributed by atoms with Crippen molar-refractivity contribution in [1.29, 1.82) is 0 Å². The lowest BCUT2D eigenvalue weighted by molar-refractivity contribution is -0.126. The van der Waals surface area contributed by atoms with Gasteiger partial charge in [0.05, 0.1) is 30.1 Å². The van der Waals surface area contributed by atoms with Gasteiger partial charge in [-0.05, 0) is 31.4 Å². The zero-order valence-corrected chi connectivity index (χ0v) is 12.9. The van der Waals surface area contributed by atoms with E-state index in [9.17, 15) is 4.79 Å². The SMILES string of the molecule is O=C(CN1CCO[C@@H]2CCC[C@@H]21)NCc1ccc(Cl)s1. The van der Waals surface area contributed by atoms with Gasteiger partial charge in [0.15, 0.2) is 0 Å². The van der Waals surface area contributed by atoms with E-state index in [1.165, 1.54) is 17.8 Å². The fraction of sp³-hybridized carbons (Fsp3) is 0.643. The van der Waals surface area contributed by atoms with Crippen LogP contribution in [0.2, 0.25) is 4.34 Å². The van der Waals surface area contributed by atoms with Crippen molar-refractivity contribution in [3.05, 3.63) is 21.3 Å². The van der Waals surface area contributed by atoms with E-state index in [4.69, 9.17) is 16.3 Å². The van der Waals surface area contributed by atoms with Crippen molar-refractivity contribution in [3.8, 4) is 0 Å². The molecule has 0 radical (unpaired) electrons. The van der Waals surface area contributed by atoms with E-state index in [0.717, 1.165) is 35.2 Å². The number of nitrogens with zero attached hydrogens (tertiary/aromatic N) is 1. The molecule has 1 aromatic heterocycles. The van der Waals surface area contributed by atoms with E-state index < -0.39 is 0 Å². The molecule has 1 N–H and O–H groups in total. The van der Waals surface area contributed by atoms with E-state index >= 15 is 0 Å². The monoisotopic (exact) mass is 314 g/mol. The average molecular weight is 315 g/mol. The molecule has 1 saturated carbocycles. The predicted octanol–water partition coefficient (Wildman–Crippen LogP) is 2.27. The zero-order valence-electron chi connectivity index (χ0n) is 11.3. The van der Waals surface area contributed by atoms with Gasteiger partial charge in [-0.2, -0.15) is 0 Å². The zero-order chi connectivity index (χ0) is 13.9. The van der Waals surface area contributed by atoms with Crippen molar-refractivity contribution in [3.63, 3.8) is 0 Å². The molecule has 2 fully saturated rings. The number of hydrogen-bond acceptors (Lipinski definition) is 4. The third kappa shape index (κ3) is 3.34. The number of nitrogens with one attached hydrogen (secondary N) is 1. The maximum absolute atomic E-state index is 12.1. The lowest BCUT2D eigenvalue weighted by Crippen LogP contribution is -2.51. The van der Waals surface area contributed by atoms with Crippen molar-refractivity contribution < 1.29 is 9.53 Å². The van der Waals surface area contributed by atoms with Crippen molar-refractivity contribution in [2.45, 2.75) is 38.0 Å². The Labute approximate surface area is 128 Å². The van der Waals surface area contributed by atoms with Crippen LogP contribution in [-0.4, -0.2) is 42.6 Å². The average Bonchev–Trinajstić information content (AvgIpc) is 3.05. The minimum Gasteiger partial charge on any atom is -0.375 e. The Morgan fingerprint density at radius 1 is 1.50 bits per heavy atom. The molecule has 1 aromatic rings. The molecule has 4 nitrogen and oxygen atoms in total. The van der Waals surface area contributed by atoms with Crippen LogP contribution in [0, 0.1) is 0 Å². The van der Waals surface area contributed by atoms with Gasteiger partial charge in [0, 0.05) is 17.5 Å². The molecule has 2 atom stereocenters. The lowest BCUT2D eigenvalue weighted by Gasteiger charge is -2.37. The summed E-state index contributed by atoms with van der Waals surface area (Å²) in [5.74, 6) is 0.0853. The van der Waals surface area contributed by atoms with Crippen molar-refractivity contribution in [1.82, 2.24) is 10.2 Å². The van der Waals surface area contributed by atoms with Gasteiger partial charge in [-0.3, -0.25) is 9.69 Å². The second-order valence-corrected chi connectivity index (χ2v) is 7.16. The molecule has 110 valence electrons. The summed E-state index contributed by atoms with van der Waals surface area (Å²) in [7, 11) is 0. The Bertz CT molecular complexity index is 479. The predicted molar refractivity (Wildman–Crippen MR) is 80.1 cm³/mol. The fourth-order valence-corrected chi connectivity index (χ4v) is 4.10. The highest BCUT2D eigenvalue weighted by Crippen LogP contribution is 2.29. The van der Waals surface area contributed by atoms with Gasteiger partial charge in [-0.25, -0.2) is 0 Å². The molecule has 2 heterocycles. The summed E-state index contributed by atoms with van der Waals surface area (Å²) in [6, 6.07) is 4.25. The van der Waals surface area contributed by atoms with Crippen LogP contribution in [-0.2, 0) is 16.1 Å². The number of carbonyl (C=O) groups is 1. The van der Waals surface area contributed by atoms with Gasteiger partial charge in [-0.15, -0.1) is 11.3 Å². The van der Waals surface area contributed by atoms with Gasteiger partial charge in [-0.1, -0.05) is 11.6 Å². The number of morpholine rings is 1. The summed E-state index contributed by atoms with van der Waals surface area (Å²) < 4.78 is 6.52. The third-order valence-electron chi connectivity index (χ3n) is 4.03. The first-order valence-corrected chi connectivity index (χ1v) is 8.28. The second kappa shape index (κ2) is 6.43. The topological polar surface area (TPSA) is 41.6 Å². The number of thiophene rings is 1. The maximum atomic E-state index is 12.1. The summed E-state index contributed by atoms with van der Waals surface area (Å²) in [4.78, 5) is 15.4. The van der Waals surface area contributed by atoms with Gasteiger partial charge < -0.3 is 10.1 Å². The summed E-state index contributed by atoms with van der Waals surface area (Å²) >= 11 is 7.38. The Kier molecular flexibility index (Phi) is 4.61. The van der Waals surface area contributed by atoms with Crippen molar-refractivity contribution >= 4 is 28.8 Å². The molecule has 6 heteroatoms. The Hall–Kier alpha value is -0.620. The smallest absolute Gasteiger partial charge is 0.234 e. The van der Waals surface area contributed by atoms with Crippen LogP contribution < -0.4 is 5.32 Å². The summed E-state index contributed by atoms with van der Waals surface area (Å²) in [6.07, 6.45) is 3.84.